The fourth-order valence-electron chi connectivity index (χ4n) is 1.66. The molecule has 0 fully saturated rings. The summed E-state index contributed by atoms with van der Waals surface area (Å²) in [5.41, 5.74) is 0. The molecule has 0 aliphatic heterocycles. The van der Waals surface area contributed by atoms with Crippen LogP contribution in [0.4, 0.5) is 0 Å². The SMILES string of the molecule is CCC(CC)N(CCO)C(=O)COCC(=O)O. The van der Waals surface area contributed by atoms with Crippen molar-refractivity contribution in [3.63, 3.8) is 0 Å². The molecule has 0 aliphatic rings. The molecule has 100 valence electrons. The van der Waals surface area contributed by atoms with Crippen LogP contribution in [0.3, 0.4) is 0 Å². The van der Waals surface area contributed by atoms with E-state index in [1.54, 1.807) is 4.90 Å². The Bertz CT molecular complexity index is 240. The van der Waals surface area contributed by atoms with Gasteiger partial charge in [0.2, 0.25) is 5.91 Å². The van der Waals surface area contributed by atoms with Gasteiger partial charge in [0.1, 0.15) is 13.2 Å². The van der Waals surface area contributed by atoms with Crippen LogP contribution in [0.25, 0.3) is 0 Å². The average Bonchev–Trinajstić information content (AvgIpc) is 2.28. The van der Waals surface area contributed by atoms with E-state index in [1.807, 2.05) is 13.8 Å². The van der Waals surface area contributed by atoms with E-state index in [0.29, 0.717) is 0 Å². The number of ether oxygens (including phenoxy) is 1. The zero-order valence-electron chi connectivity index (χ0n) is 10.4. The standard InChI is InChI=1S/C11H21NO5/c1-3-9(4-2)12(5-6-13)10(14)7-17-8-11(15)16/h9,13H,3-8H2,1-2H3,(H,15,16). The first-order chi connectivity index (χ1) is 8.06. The minimum Gasteiger partial charge on any atom is -0.480 e. The Morgan fingerprint density at radius 1 is 1.24 bits per heavy atom. The second kappa shape index (κ2) is 8.95. The molecule has 2 N–H and O–H groups in total. The first-order valence-corrected chi connectivity index (χ1v) is 5.76. The van der Waals surface area contributed by atoms with Gasteiger partial charge in [-0.05, 0) is 12.8 Å². The van der Waals surface area contributed by atoms with Gasteiger partial charge in [0.25, 0.3) is 0 Å². The zero-order valence-corrected chi connectivity index (χ0v) is 10.4. The summed E-state index contributed by atoms with van der Waals surface area (Å²) in [6, 6.07) is 0.0584. The van der Waals surface area contributed by atoms with Gasteiger partial charge in [0.05, 0.1) is 6.61 Å². The van der Waals surface area contributed by atoms with Crippen molar-refractivity contribution in [2.24, 2.45) is 0 Å². The van der Waals surface area contributed by atoms with E-state index in [0.717, 1.165) is 12.8 Å². The second-order valence-electron chi connectivity index (χ2n) is 3.67. The van der Waals surface area contributed by atoms with Gasteiger partial charge in [-0.25, -0.2) is 4.79 Å². The number of rotatable bonds is 9. The molecule has 0 saturated carbocycles. The lowest BCUT2D eigenvalue weighted by Crippen LogP contribution is -2.43. The molecule has 0 aromatic rings. The Morgan fingerprint density at radius 2 is 1.82 bits per heavy atom. The Labute approximate surface area is 101 Å². The molecule has 6 heteroatoms. The average molecular weight is 247 g/mol. The van der Waals surface area contributed by atoms with Gasteiger partial charge in [0, 0.05) is 12.6 Å². The van der Waals surface area contributed by atoms with E-state index in [2.05, 4.69) is 0 Å². The van der Waals surface area contributed by atoms with Gasteiger partial charge < -0.3 is 19.8 Å². The molecule has 1 amide bonds. The fourth-order valence-corrected chi connectivity index (χ4v) is 1.66. The third-order valence-electron chi connectivity index (χ3n) is 2.50. The van der Waals surface area contributed by atoms with Crippen LogP contribution in [-0.4, -0.2) is 59.4 Å². The van der Waals surface area contributed by atoms with Gasteiger partial charge in [0.15, 0.2) is 0 Å². The quantitative estimate of drug-likeness (QED) is 0.603. The third kappa shape index (κ3) is 6.23. The summed E-state index contributed by atoms with van der Waals surface area (Å²) in [7, 11) is 0. The van der Waals surface area contributed by atoms with Crippen molar-refractivity contribution in [2.75, 3.05) is 26.4 Å². The Balaban J connectivity index is 4.27. The zero-order chi connectivity index (χ0) is 13.3. The molecular formula is C11H21NO5. The number of carboxylic acid groups (broad SMARTS) is 1. The topological polar surface area (TPSA) is 87.1 Å². The summed E-state index contributed by atoms with van der Waals surface area (Å²) in [6.45, 7) is 3.32. The summed E-state index contributed by atoms with van der Waals surface area (Å²) < 4.78 is 4.75. The molecule has 0 heterocycles. The van der Waals surface area contributed by atoms with Crippen molar-refractivity contribution < 1.29 is 24.5 Å². The molecule has 6 nitrogen and oxygen atoms in total. The molecule has 0 unspecified atom stereocenters. The van der Waals surface area contributed by atoms with Crippen molar-refractivity contribution in [2.45, 2.75) is 32.7 Å². The highest BCUT2D eigenvalue weighted by molar-refractivity contribution is 5.78. The van der Waals surface area contributed by atoms with Crippen molar-refractivity contribution in [1.29, 1.82) is 0 Å². The Hall–Kier alpha value is -1.14. The summed E-state index contributed by atoms with van der Waals surface area (Å²) >= 11 is 0. The van der Waals surface area contributed by atoms with Crippen LogP contribution in [0.2, 0.25) is 0 Å². The largest absolute Gasteiger partial charge is 0.480 e. The first kappa shape index (κ1) is 15.9. The molecule has 0 radical (unpaired) electrons. The maximum atomic E-state index is 11.8. The van der Waals surface area contributed by atoms with Gasteiger partial charge in [-0.15, -0.1) is 0 Å². The van der Waals surface area contributed by atoms with E-state index in [4.69, 9.17) is 14.9 Å². The number of hydrogen-bond donors (Lipinski definition) is 2. The van der Waals surface area contributed by atoms with E-state index < -0.39 is 12.6 Å². The van der Waals surface area contributed by atoms with Gasteiger partial charge in [-0.1, -0.05) is 13.8 Å². The number of amides is 1. The number of aliphatic hydroxyl groups is 1. The van der Waals surface area contributed by atoms with Crippen LogP contribution in [-0.2, 0) is 14.3 Å². The van der Waals surface area contributed by atoms with Crippen LogP contribution in [0.1, 0.15) is 26.7 Å². The molecule has 0 atom stereocenters. The number of nitrogens with zero attached hydrogens (tertiary/aromatic N) is 1. The molecule has 0 aromatic heterocycles. The minimum atomic E-state index is -1.10. The fraction of sp³-hybridized carbons (Fsp3) is 0.818. The number of carboxylic acids is 1. The summed E-state index contributed by atoms with van der Waals surface area (Å²) in [5.74, 6) is -1.39. The third-order valence-corrected chi connectivity index (χ3v) is 2.50. The van der Waals surface area contributed by atoms with E-state index in [1.165, 1.54) is 0 Å². The normalized spacial score (nSPS) is 10.6. The Kier molecular flexibility index (Phi) is 8.35. The van der Waals surface area contributed by atoms with Crippen LogP contribution in [0, 0.1) is 0 Å². The number of aliphatic hydroxyl groups excluding tert-OH is 1. The van der Waals surface area contributed by atoms with Crippen LogP contribution in [0.5, 0.6) is 0 Å². The lowest BCUT2D eigenvalue weighted by molar-refractivity contribution is -0.147. The molecule has 0 aliphatic carbocycles. The van der Waals surface area contributed by atoms with Gasteiger partial charge >= 0.3 is 5.97 Å². The summed E-state index contributed by atoms with van der Waals surface area (Å²) in [4.78, 5) is 23.5. The summed E-state index contributed by atoms with van der Waals surface area (Å²) in [5, 5.41) is 17.3. The van der Waals surface area contributed by atoms with Gasteiger partial charge in [-0.2, -0.15) is 0 Å². The van der Waals surface area contributed by atoms with Crippen LogP contribution >= 0.6 is 0 Å². The molecular weight excluding hydrogens is 226 g/mol. The van der Waals surface area contributed by atoms with Crippen molar-refractivity contribution in [1.82, 2.24) is 4.90 Å². The van der Waals surface area contributed by atoms with Crippen molar-refractivity contribution >= 4 is 11.9 Å². The highest BCUT2D eigenvalue weighted by Crippen LogP contribution is 2.08. The molecule has 0 spiro atoms. The molecule has 0 rings (SSSR count). The highest BCUT2D eigenvalue weighted by Gasteiger charge is 2.20. The number of carbonyl (C=O) groups excluding carboxylic acids is 1. The highest BCUT2D eigenvalue weighted by atomic mass is 16.5. The van der Waals surface area contributed by atoms with Crippen molar-refractivity contribution in [3.05, 3.63) is 0 Å². The van der Waals surface area contributed by atoms with E-state index in [9.17, 15) is 9.59 Å². The number of carbonyl (C=O) groups is 2. The molecule has 0 aromatic carbocycles. The Morgan fingerprint density at radius 3 is 2.24 bits per heavy atom. The summed E-state index contributed by atoms with van der Waals surface area (Å²) in [6.07, 6.45) is 1.59. The number of aliphatic carboxylic acids is 1. The monoisotopic (exact) mass is 247 g/mol. The van der Waals surface area contributed by atoms with Crippen molar-refractivity contribution in [3.8, 4) is 0 Å². The smallest absolute Gasteiger partial charge is 0.329 e. The predicted molar refractivity (Wildman–Crippen MR) is 61.6 cm³/mol. The predicted octanol–water partition coefficient (Wildman–Crippen LogP) is 0.0971. The second-order valence-corrected chi connectivity index (χ2v) is 3.67. The lowest BCUT2D eigenvalue weighted by atomic mass is 10.1. The number of hydrogen-bond acceptors (Lipinski definition) is 4. The molecule has 0 bridgehead atoms. The maximum absolute atomic E-state index is 11.8. The maximum Gasteiger partial charge on any atom is 0.329 e. The van der Waals surface area contributed by atoms with Gasteiger partial charge in [-0.3, -0.25) is 4.79 Å². The lowest BCUT2D eigenvalue weighted by Gasteiger charge is -2.29. The van der Waals surface area contributed by atoms with E-state index >= 15 is 0 Å². The minimum absolute atomic E-state index is 0.0584. The molecule has 17 heavy (non-hydrogen) atoms. The molecule has 0 saturated heterocycles. The van der Waals surface area contributed by atoms with E-state index in [-0.39, 0.29) is 31.7 Å². The van der Waals surface area contributed by atoms with Crippen LogP contribution < -0.4 is 0 Å². The van der Waals surface area contributed by atoms with Crippen LogP contribution in [0.15, 0.2) is 0 Å². The first-order valence-electron chi connectivity index (χ1n) is 5.76.